The highest BCUT2D eigenvalue weighted by molar-refractivity contribution is 5.64. The molecule has 1 fully saturated rings. The zero-order valence-corrected chi connectivity index (χ0v) is 11.2. The first-order chi connectivity index (χ1) is 9.54. The van der Waals surface area contributed by atoms with Gasteiger partial charge in [-0.1, -0.05) is 0 Å². The molecule has 0 amide bonds. The molecule has 1 heterocycles. The van der Waals surface area contributed by atoms with Crippen molar-refractivity contribution in [2.24, 2.45) is 0 Å². The van der Waals surface area contributed by atoms with Crippen LogP contribution < -0.4 is 10.2 Å². The standard InChI is InChI=1S/C13H17F2N3O2/c1-2-17(8-9-4-3-7-16-9)13-11(18(19)20)6-5-10(14)12(13)15/h5-6,9,16H,2-4,7-8H2,1H3. The minimum Gasteiger partial charge on any atom is -0.362 e. The van der Waals surface area contributed by atoms with Crippen molar-refractivity contribution in [2.75, 3.05) is 24.5 Å². The summed E-state index contributed by atoms with van der Waals surface area (Å²) < 4.78 is 27.4. The van der Waals surface area contributed by atoms with E-state index in [-0.39, 0.29) is 11.7 Å². The van der Waals surface area contributed by atoms with Crippen molar-refractivity contribution < 1.29 is 13.7 Å². The second kappa shape index (κ2) is 6.13. The molecule has 110 valence electrons. The van der Waals surface area contributed by atoms with Gasteiger partial charge in [-0.3, -0.25) is 10.1 Å². The molecule has 1 aromatic rings. The molecule has 1 saturated heterocycles. The summed E-state index contributed by atoms with van der Waals surface area (Å²) in [5.41, 5.74) is -0.657. The molecular weight excluding hydrogens is 268 g/mol. The summed E-state index contributed by atoms with van der Waals surface area (Å²) in [6, 6.07) is 1.95. The van der Waals surface area contributed by atoms with E-state index in [0.29, 0.717) is 13.1 Å². The van der Waals surface area contributed by atoms with E-state index < -0.39 is 22.2 Å². The third-order valence-corrected chi connectivity index (χ3v) is 3.55. The van der Waals surface area contributed by atoms with Crippen LogP contribution in [0.25, 0.3) is 0 Å². The van der Waals surface area contributed by atoms with Crippen LogP contribution >= 0.6 is 0 Å². The van der Waals surface area contributed by atoms with Gasteiger partial charge in [0.1, 0.15) is 0 Å². The minimum absolute atomic E-state index is 0.150. The molecule has 7 heteroatoms. The Morgan fingerprint density at radius 3 is 2.80 bits per heavy atom. The highest BCUT2D eigenvalue weighted by Gasteiger charge is 2.28. The highest BCUT2D eigenvalue weighted by atomic mass is 19.2. The third-order valence-electron chi connectivity index (χ3n) is 3.55. The number of likely N-dealkylation sites (N-methyl/N-ethyl adjacent to an activating group) is 1. The van der Waals surface area contributed by atoms with Crippen LogP contribution in [0.5, 0.6) is 0 Å². The van der Waals surface area contributed by atoms with Crippen molar-refractivity contribution in [1.82, 2.24) is 5.32 Å². The van der Waals surface area contributed by atoms with Gasteiger partial charge >= 0.3 is 0 Å². The fourth-order valence-corrected chi connectivity index (χ4v) is 2.53. The predicted molar refractivity (Wildman–Crippen MR) is 71.9 cm³/mol. The maximum atomic E-state index is 14.0. The summed E-state index contributed by atoms with van der Waals surface area (Å²) in [5.74, 6) is -2.22. The Balaban J connectivity index is 2.36. The Hall–Kier alpha value is -1.76. The lowest BCUT2D eigenvalue weighted by Crippen LogP contribution is -2.38. The molecule has 1 aliphatic rings. The molecule has 1 unspecified atom stereocenters. The first kappa shape index (κ1) is 14.6. The predicted octanol–water partition coefficient (Wildman–Crippen LogP) is 2.45. The van der Waals surface area contributed by atoms with Gasteiger partial charge in [-0.15, -0.1) is 0 Å². The van der Waals surface area contributed by atoms with Gasteiger partial charge in [0, 0.05) is 25.2 Å². The number of nitro groups is 1. The summed E-state index contributed by atoms with van der Waals surface area (Å²) in [6.45, 7) is 3.45. The molecule has 0 saturated carbocycles. The first-order valence-corrected chi connectivity index (χ1v) is 6.65. The summed E-state index contributed by atoms with van der Waals surface area (Å²) in [6.07, 6.45) is 1.96. The summed E-state index contributed by atoms with van der Waals surface area (Å²) in [7, 11) is 0. The molecular formula is C13H17F2N3O2. The van der Waals surface area contributed by atoms with Crippen LogP contribution in [0.4, 0.5) is 20.2 Å². The van der Waals surface area contributed by atoms with Gasteiger partial charge in [0.05, 0.1) is 4.92 Å². The molecule has 2 rings (SSSR count). The number of benzene rings is 1. The van der Waals surface area contributed by atoms with Crippen molar-refractivity contribution in [3.8, 4) is 0 Å². The topological polar surface area (TPSA) is 58.4 Å². The zero-order valence-electron chi connectivity index (χ0n) is 11.2. The Morgan fingerprint density at radius 1 is 1.50 bits per heavy atom. The smallest absolute Gasteiger partial charge is 0.295 e. The van der Waals surface area contributed by atoms with Crippen molar-refractivity contribution in [3.05, 3.63) is 33.9 Å². The Kier molecular flexibility index (Phi) is 4.49. The van der Waals surface area contributed by atoms with Crippen molar-refractivity contribution >= 4 is 11.4 Å². The molecule has 1 aromatic carbocycles. The number of nitrogens with one attached hydrogen (secondary N) is 1. The number of anilines is 1. The van der Waals surface area contributed by atoms with Crippen molar-refractivity contribution in [2.45, 2.75) is 25.8 Å². The van der Waals surface area contributed by atoms with Gasteiger partial charge in [0.2, 0.25) is 0 Å². The molecule has 1 atom stereocenters. The fourth-order valence-electron chi connectivity index (χ4n) is 2.53. The van der Waals surface area contributed by atoms with Crippen LogP contribution in [0.3, 0.4) is 0 Å². The van der Waals surface area contributed by atoms with Gasteiger partial charge in [-0.05, 0) is 32.4 Å². The van der Waals surface area contributed by atoms with E-state index in [1.54, 1.807) is 6.92 Å². The monoisotopic (exact) mass is 285 g/mol. The van der Waals surface area contributed by atoms with Crippen LogP contribution in [-0.2, 0) is 0 Å². The van der Waals surface area contributed by atoms with Gasteiger partial charge in [0.25, 0.3) is 5.69 Å². The molecule has 1 aliphatic heterocycles. The first-order valence-electron chi connectivity index (χ1n) is 6.65. The molecule has 0 radical (unpaired) electrons. The largest absolute Gasteiger partial charge is 0.362 e. The van der Waals surface area contributed by atoms with Crippen LogP contribution in [-0.4, -0.2) is 30.6 Å². The van der Waals surface area contributed by atoms with E-state index in [1.165, 1.54) is 4.90 Å². The number of rotatable bonds is 5. The maximum Gasteiger partial charge on any atom is 0.295 e. The van der Waals surface area contributed by atoms with Gasteiger partial charge in [0.15, 0.2) is 17.3 Å². The lowest BCUT2D eigenvalue weighted by Gasteiger charge is -2.26. The van der Waals surface area contributed by atoms with Crippen LogP contribution in [0.1, 0.15) is 19.8 Å². The van der Waals surface area contributed by atoms with Gasteiger partial charge in [-0.25, -0.2) is 8.78 Å². The molecule has 5 nitrogen and oxygen atoms in total. The number of nitro benzene ring substituents is 1. The number of hydrogen-bond donors (Lipinski definition) is 1. The van der Waals surface area contributed by atoms with Crippen molar-refractivity contribution in [3.63, 3.8) is 0 Å². The van der Waals surface area contributed by atoms with Crippen LogP contribution in [0.2, 0.25) is 0 Å². The lowest BCUT2D eigenvalue weighted by atomic mass is 10.1. The zero-order chi connectivity index (χ0) is 14.7. The van der Waals surface area contributed by atoms with Crippen LogP contribution in [0.15, 0.2) is 12.1 Å². The maximum absolute atomic E-state index is 14.0. The van der Waals surface area contributed by atoms with Crippen LogP contribution in [0, 0.1) is 21.7 Å². The van der Waals surface area contributed by atoms with E-state index in [1.807, 2.05) is 0 Å². The van der Waals surface area contributed by atoms with E-state index >= 15 is 0 Å². The fraction of sp³-hybridized carbons (Fsp3) is 0.538. The average Bonchev–Trinajstić information content (AvgIpc) is 2.92. The molecule has 0 spiro atoms. The number of halogens is 2. The molecule has 0 bridgehead atoms. The van der Waals surface area contributed by atoms with E-state index in [4.69, 9.17) is 0 Å². The number of nitrogens with zero attached hydrogens (tertiary/aromatic N) is 2. The normalized spacial score (nSPS) is 18.2. The molecule has 0 aromatic heterocycles. The second-order valence-corrected chi connectivity index (χ2v) is 4.82. The highest BCUT2D eigenvalue weighted by Crippen LogP contribution is 2.33. The third kappa shape index (κ3) is 2.87. The Morgan fingerprint density at radius 2 is 2.25 bits per heavy atom. The summed E-state index contributed by atoms with van der Waals surface area (Å²) >= 11 is 0. The van der Waals surface area contributed by atoms with E-state index in [0.717, 1.165) is 31.5 Å². The quantitative estimate of drug-likeness (QED) is 0.667. The second-order valence-electron chi connectivity index (χ2n) is 4.82. The van der Waals surface area contributed by atoms with Gasteiger partial charge < -0.3 is 10.2 Å². The summed E-state index contributed by atoms with van der Waals surface area (Å²) in [4.78, 5) is 11.9. The molecule has 20 heavy (non-hydrogen) atoms. The molecule has 0 aliphatic carbocycles. The van der Waals surface area contributed by atoms with Crippen molar-refractivity contribution in [1.29, 1.82) is 0 Å². The summed E-state index contributed by atoms with van der Waals surface area (Å²) in [5, 5.41) is 14.3. The lowest BCUT2D eigenvalue weighted by molar-refractivity contribution is -0.384. The minimum atomic E-state index is -1.15. The Bertz CT molecular complexity index is 505. The van der Waals surface area contributed by atoms with E-state index in [2.05, 4.69) is 5.32 Å². The van der Waals surface area contributed by atoms with Gasteiger partial charge in [-0.2, -0.15) is 0 Å². The van der Waals surface area contributed by atoms with E-state index in [9.17, 15) is 18.9 Å². The average molecular weight is 285 g/mol. The number of hydrogen-bond acceptors (Lipinski definition) is 4. The SMILES string of the molecule is CCN(CC1CCCN1)c1c([N+](=O)[O-])ccc(F)c1F. The molecule has 1 N–H and O–H groups in total. The Labute approximate surface area is 115 Å².